The minimum Gasteiger partial charge on any atom is -0.0616 e. The van der Waals surface area contributed by atoms with Crippen LogP contribution in [0.3, 0.4) is 0 Å². The lowest BCUT2D eigenvalue weighted by Gasteiger charge is -2.20. The molecule has 0 atom stereocenters. The molecule has 0 nitrogen and oxygen atoms in total. The lowest BCUT2D eigenvalue weighted by atomic mass is 9.83. The first-order valence-electron chi connectivity index (χ1n) is 20.9. The number of benzene rings is 13. The molecular formula is C60H36. The molecule has 0 spiro atoms. The molecule has 0 amide bonds. The van der Waals surface area contributed by atoms with Crippen molar-refractivity contribution in [3.8, 4) is 44.5 Å². The van der Waals surface area contributed by atoms with E-state index in [1.54, 1.807) is 0 Å². The summed E-state index contributed by atoms with van der Waals surface area (Å²) in [6, 6.07) is 81.9. The molecule has 0 saturated heterocycles. The van der Waals surface area contributed by atoms with E-state index in [1.807, 2.05) is 0 Å². The van der Waals surface area contributed by atoms with Crippen LogP contribution in [0, 0.1) is 0 Å². The third kappa shape index (κ3) is 5.25. The van der Waals surface area contributed by atoms with Crippen molar-refractivity contribution < 1.29 is 0 Å². The third-order valence-corrected chi connectivity index (χ3v) is 13.0. The Labute approximate surface area is 347 Å². The Hall–Kier alpha value is -7.80. The minimum atomic E-state index is 1.23. The van der Waals surface area contributed by atoms with Gasteiger partial charge in [0.05, 0.1) is 0 Å². The average Bonchev–Trinajstić information content (AvgIpc) is 3.31. The number of hydrogen-bond donors (Lipinski definition) is 0. The van der Waals surface area contributed by atoms with E-state index in [0.29, 0.717) is 0 Å². The van der Waals surface area contributed by atoms with Crippen LogP contribution in [0.15, 0.2) is 218 Å². The van der Waals surface area contributed by atoms with Crippen molar-refractivity contribution in [1.29, 1.82) is 0 Å². The number of fused-ring (bicyclic) bond motifs is 6. The average molecular weight is 757 g/mol. The summed E-state index contributed by atoms with van der Waals surface area (Å²) in [5, 5.41) is 20.3. The van der Waals surface area contributed by atoms with Gasteiger partial charge in [-0.1, -0.05) is 146 Å². The van der Waals surface area contributed by atoms with Gasteiger partial charge in [-0.3, -0.25) is 0 Å². The van der Waals surface area contributed by atoms with E-state index < -0.39 is 0 Å². The topological polar surface area (TPSA) is 0 Å². The predicted molar refractivity (Wildman–Crippen MR) is 259 cm³/mol. The highest BCUT2D eigenvalue weighted by Gasteiger charge is 2.19. The van der Waals surface area contributed by atoms with Crippen molar-refractivity contribution in [2.75, 3.05) is 0 Å². The predicted octanol–water partition coefficient (Wildman–Crippen LogP) is 17.0. The first kappa shape index (κ1) is 33.2. The molecule has 0 fully saturated rings. The van der Waals surface area contributed by atoms with E-state index in [2.05, 4.69) is 218 Å². The molecule has 0 N–H and O–H groups in total. The lowest BCUT2D eigenvalue weighted by Crippen LogP contribution is -1.92. The van der Waals surface area contributed by atoms with E-state index in [1.165, 1.54) is 131 Å². The molecule has 0 aliphatic carbocycles. The Bertz CT molecular complexity index is 3380. The Morgan fingerprint density at radius 1 is 0.150 bits per heavy atom. The maximum Gasteiger partial charge on any atom is -0.00255 e. The van der Waals surface area contributed by atoms with Crippen molar-refractivity contribution >= 4 is 86.2 Å². The van der Waals surface area contributed by atoms with Crippen molar-refractivity contribution in [2.24, 2.45) is 0 Å². The fourth-order valence-corrected chi connectivity index (χ4v) is 10.0. The molecular weight excluding hydrogens is 721 g/mol. The molecule has 0 aromatic heterocycles. The quantitative estimate of drug-likeness (QED) is 0.124. The summed E-state index contributed by atoms with van der Waals surface area (Å²) in [6.07, 6.45) is 0. The van der Waals surface area contributed by atoms with Crippen LogP contribution in [0.1, 0.15) is 0 Å². The van der Waals surface area contributed by atoms with Gasteiger partial charge in [-0.15, -0.1) is 0 Å². The summed E-state index contributed by atoms with van der Waals surface area (Å²) in [4.78, 5) is 0. The Kier molecular flexibility index (Phi) is 7.11. The molecule has 13 aromatic carbocycles. The zero-order valence-electron chi connectivity index (χ0n) is 32.8. The molecule has 0 radical (unpaired) electrons. The summed E-state index contributed by atoms with van der Waals surface area (Å²) in [5.74, 6) is 0. The standard InChI is InChI=1S/C60H36/c1-5-13-41-25-45(21-17-37(41)9-1)49-29-53-30-50(46-22-18-38-10-2-6-14-42(38)26-46)35-57-58-36-52(48-24-20-40-12-4-8-16-44(40)28-48)32-54-31-51(34-56(60(54)58)55(33-49)59(53)57)47-23-19-39-11-3-7-15-43(39)27-47/h1-36H. The van der Waals surface area contributed by atoms with Crippen LogP contribution in [-0.2, 0) is 0 Å². The summed E-state index contributed by atoms with van der Waals surface area (Å²) in [5.41, 5.74) is 9.81. The van der Waals surface area contributed by atoms with Crippen molar-refractivity contribution in [3.63, 3.8) is 0 Å². The molecule has 0 heteroatoms. The van der Waals surface area contributed by atoms with Gasteiger partial charge in [0, 0.05) is 0 Å². The van der Waals surface area contributed by atoms with E-state index in [4.69, 9.17) is 0 Å². The molecule has 0 saturated carbocycles. The second kappa shape index (κ2) is 12.9. The Balaban J connectivity index is 1.17. The second-order valence-electron chi connectivity index (χ2n) is 16.5. The van der Waals surface area contributed by atoms with Gasteiger partial charge < -0.3 is 0 Å². The molecule has 0 aliphatic heterocycles. The van der Waals surface area contributed by atoms with Crippen LogP contribution >= 0.6 is 0 Å². The molecule has 276 valence electrons. The van der Waals surface area contributed by atoms with Crippen molar-refractivity contribution in [2.45, 2.75) is 0 Å². The highest BCUT2D eigenvalue weighted by Crippen LogP contribution is 2.47. The fraction of sp³-hybridized carbons (Fsp3) is 0. The van der Waals surface area contributed by atoms with E-state index >= 15 is 0 Å². The zero-order chi connectivity index (χ0) is 39.3. The summed E-state index contributed by atoms with van der Waals surface area (Å²) >= 11 is 0. The minimum absolute atomic E-state index is 1.23. The molecule has 0 heterocycles. The van der Waals surface area contributed by atoms with Gasteiger partial charge in [0.15, 0.2) is 0 Å². The second-order valence-corrected chi connectivity index (χ2v) is 16.5. The van der Waals surface area contributed by atoms with Crippen LogP contribution < -0.4 is 0 Å². The lowest BCUT2D eigenvalue weighted by molar-refractivity contribution is 1.66. The third-order valence-electron chi connectivity index (χ3n) is 13.0. The smallest absolute Gasteiger partial charge is 0.00255 e. The van der Waals surface area contributed by atoms with E-state index in [9.17, 15) is 0 Å². The van der Waals surface area contributed by atoms with Crippen molar-refractivity contribution in [3.05, 3.63) is 218 Å². The Morgan fingerprint density at radius 3 is 0.617 bits per heavy atom. The zero-order valence-corrected chi connectivity index (χ0v) is 32.8. The van der Waals surface area contributed by atoms with Crippen LogP contribution in [0.4, 0.5) is 0 Å². The summed E-state index contributed by atoms with van der Waals surface area (Å²) < 4.78 is 0. The van der Waals surface area contributed by atoms with Gasteiger partial charge in [-0.05, 0) is 203 Å². The van der Waals surface area contributed by atoms with Gasteiger partial charge >= 0.3 is 0 Å². The van der Waals surface area contributed by atoms with Gasteiger partial charge in [0.25, 0.3) is 0 Å². The molecule has 0 aliphatic rings. The molecule has 60 heavy (non-hydrogen) atoms. The van der Waals surface area contributed by atoms with Gasteiger partial charge in [-0.2, -0.15) is 0 Å². The van der Waals surface area contributed by atoms with Crippen LogP contribution in [-0.4, -0.2) is 0 Å². The fourth-order valence-electron chi connectivity index (χ4n) is 10.0. The van der Waals surface area contributed by atoms with E-state index in [-0.39, 0.29) is 0 Å². The SMILES string of the molecule is c1ccc2cc(-c3cc4cc(-c5ccc6ccccc6c5)cc5c6cc(-c7ccc8ccccc8c7)cc7cc(-c8ccc9ccccc9c8)cc(c(c3)c45)c76)ccc2c1. The molecule has 13 rings (SSSR count). The Morgan fingerprint density at radius 2 is 0.367 bits per heavy atom. The first-order chi connectivity index (χ1) is 29.7. The summed E-state index contributed by atoms with van der Waals surface area (Å²) in [7, 11) is 0. The van der Waals surface area contributed by atoms with Gasteiger partial charge in [0.2, 0.25) is 0 Å². The highest BCUT2D eigenvalue weighted by molar-refractivity contribution is 6.35. The monoisotopic (exact) mass is 756 g/mol. The van der Waals surface area contributed by atoms with Gasteiger partial charge in [-0.25, -0.2) is 0 Å². The molecule has 0 unspecified atom stereocenters. The maximum atomic E-state index is 2.46. The molecule has 0 bridgehead atoms. The highest BCUT2D eigenvalue weighted by atomic mass is 14.2. The van der Waals surface area contributed by atoms with E-state index in [0.717, 1.165) is 0 Å². The van der Waals surface area contributed by atoms with Crippen LogP contribution in [0.5, 0.6) is 0 Å². The first-order valence-corrected chi connectivity index (χ1v) is 20.9. The normalized spacial score (nSPS) is 12.0. The number of rotatable bonds is 4. The van der Waals surface area contributed by atoms with Crippen LogP contribution in [0.2, 0.25) is 0 Å². The number of hydrogen-bond acceptors (Lipinski definition) is 0. The van der Waals surface area contributed by atoms with Gasteiger partial charge in [0.1, 0.15) is 0 Å². The van der Waals surface area contributed by atoms with Crippen LogP contribution in [0.25, 0.3) is 131 Å². The van der Waals surface area contributed by atoms with Crippen molar-refractivity contribution in [1.82, 2.24) is 0 Å². The maximum absolute atomic E-state index is 2.46. The molecule has 13 aromatic rings. The largest absolute Gasteiger partial charge is 0.0616 e. The summed E-state index contributed by atoms with van der Waals surface area (Å²) in [6.45, 7) is 0.